The van der Waals surface area contributed by atoms with Crippen molar-refractivity contribution in [2.75, 3.05) is 0 Å². The van der Waals surface area contributed by atoms with Gasteiger partial charge in [0.2, 0.25) is 0 Å². The summed E-state index contributed by atoms with van der Waals surface area (Å²) in [5.74, 6) is 0. The van der Waals surface area contributed by atoms with E-state index in [-0.39, 0.29) is 0 Å². The van der Waals surface area contributed by atoms with Gasteiger partial charge in [-0.3, -0.25) is 0 Å². The fraction of sp³-hybridized carbons (Fsp3) is 1.00. The van der Waals surface area contributed by atoms with Gasteiger partial charge in [-0.15, -0.1) is 0 Å². The summed E-state index contributed by atoms with van der Waals surface area (Å²) in [7, 11) is 0. The first-order chi connectivity index (χ1) is 14.4. The predicted molar refractivity (Wildman–Crippen MR) is 140 cm³/mol. The van der Waals surface area contributed by atoms with Gasteiger partial charge in [-0.05, 0) is 23.7 Å². The van der Waals surface area contributed by atoms with E-state index in [1.54, 1.807) is 0 Å². The number of unbranched alkanes of at least 4 members (excludes halogenated alkanes) is 18. The molecule has 0 saturated carbocycles. The zero-order valence-corrected chi connectivity index (χ0v) is 22.6. The monoisotopic (exact) mass is 422 g/mol. The molecule has 30 heavy (non-hydrogen) atoms. The van der Waals surface area contributed by atoms with Gasteiger partial charge in [0.15, 0.2) is 0 Å². The Morgan fingerprint density at radius 2 is 0.567 bits per heavy atom. The van der Waals surface area contributed by atoms with Crippen LogP contribution in [0.15, 0.2) is 0 Å². The second-order valence-corrected chi connectivity index (χ2v) is 11.7. The summed E-state index contributed by atoms with van der Waals surface area (Å²) < 4.78 is 0. The van der Waals surface area contributed by atoms with Crippen molar-refractivity contribution in [3.63, 3.8) is 0 Å². The molecule has 0 radical (unpaired) electrons. The Bertz CT molecular complexity index is 310. The van der Waals surface area contributed by atoms with Gasteiger partial charge in [-0.25, -0.2) is 0 Å². The van der Waals surface area contributed by atoms with Crippen molar-refractivity contribution in [1.29, 1.82) is 0 Å². The Hall–Kier alpha value is 0. The molecular weight excluding hydrogens is 360 g/mol. The molecule has 182 valence electrons. The molecule has 0 unspecified atom stereocenters. The van der Waals surface area contributed by atoms with Crippen molar-refractivity contribution in [1.82, 2.24) is 0 Å². The lowest BCUT2D eigenvalue weighted by atomic mass is 9.63. The molecule has 0 aliphatic carbocycles. The van der Waals surface area contributed by atoms with Crippen LogP contribution >= 0.6 is 0 Å². The van der Waals surface area contributed by atoms with Crippen LogP contribution < -0.4 is 0 Å². The fourth-order valence-corrected chi connectivity index (χ4v) is 4.88. The van der Waals surface area contributed by atoms with Crippen LogP contribution in [0.5, 0.6) is 0 Å². The molecule has 0 bridgehead atoms. The molecule has 0 heteroatoms. The molecule has 0 aromatic rings. The van der Waals surface area contributed by atoms with Crippen LogP contribution in [0.2, 0.25) is 0 Å². The summed E-state index contributed by atoms with van der Waals surface area (Å²) in [6.45, 7) is 14.7. The van der Waals surface area contributed by atoms with E-state index in [0.29, 0.717) is 10.8 Å². The molecule has 0 atom stereocenters. The summed E-state index contributed by atoms with van der Waals surface area (Å²) in [5, 5.41) is 0. The van der Waals surface area contributed by atoms with Crippen LogP contribution in [0.1, 0.15) is 183 Å². The molecule has 0 fully saturated rings. The number of rotatable bonds is 22. The minimum absolute atomic E-state index is 0.436. The molecular formula is C30H62. The van der Waals surface area contributed by atoms with Crippen LogP contribution in [0, 0.1) is 10.8 Å². The lowest BCUT2D eigenvalue weighted by molar-refractivity contribution is 0.0776. The second kappa shape index (κ2) is 19.7. The summed E-state index contributed by atoms with van der Waals surface area (Å²) in [6, 6.07) is 0. The summed E-state index contributed by atoms with van der Waals surface area (Å²) in [4.78, 5) is 0. The van der Waals surface area contributed by atoms with E-state index in [1.165, 1.54) is 141 Å². The SMILES string of the molecule is CCCCCCCCCCCCC(C)(CCCCCCCCCCCC)C(C)(C)C. The Morgan fingerprint density at radius 3 is 0.800 bits per heavy atom. The molecule has 0 aromatic carbocycles. The van der Waals surface area contributed by atoms with Gasteiger partial charge >= 0.3 is 0 Å². The normalized spacial score (nSPS) is 12.6. The third-order valence-electron chi connectivity index (χ3n) is 7.97. The van der Waals surface area contributed by atoms with E-state index in [9.17, 15) is 0 Å². The van der Waals surface area contributed by atoms with Crippen LogP contribution in [-0.2, 0) is 0 Å². The van der Waals surface area contributed by atoms with Crippen molar-refractivity contribution in [3.05, 3.63) is 0 Å². The molecule has 0 N–H and O–H groups in total. The standard InChI is InChI=1S/C30H62/c1-7-9-11-13-15-17-19-21-23-25-27-30(6,29(3,4)5)28-26-24-22-20-18-16-14-12-10-8-2/h7-28H2,1-6H3. The van der Waals surface area contributed by atoms with E-state index in [0.717, 1.165) is 0 Å². The molecule has 0 amide bonds. The van der Waals surface area contributed by atoms with Crippen LogP contribution in [-0.4, -0.2) is 0 Å². The first kappa shape index (κ1) is 30.0. The van der Waals surface area contributed by atoms with Crippen molar-refractivity contribution in [2.24, 2.45) is 10.8 Å². The average molecular weight is 423 g/mol. The molecule has 0 spiro atoms. The largest absolute Gasteiger partial charge is 0.0654 e. The van der Waals surface area contributed by atoms with Crippen molar-refractivity contribution in [2.45, 2.75) is 183 Å². The van der Waals surface area contributed by atoms with Gasteiger partial charge in [-0.1, -0.05) is 170 Å². The minimum Gasteiger partial charge on any atom is -0.0654 e. The smallest absolute Gasteiger partial charge is 0.0277 e. The van der Waals surface area contributed by atoms with E-state index in [1.807, 2.05) is 0 Å². The molecule has 0 heterocycles. The molecule has 0 aliphatic heterocycles. The average Bonchev–Trinajstić information content (AvgIpc) is 2.70. The molecule has 0 nitrogen and oxygen atoms in total. The topological polar surface area (TPSA) is 0 Å². The van der Waals surface area contributed by atoms with E-state index < -0.39 is 0 Å². The first-order valence-corrected chi connectivity index (χ1v) is 14.4. The third kappa shape index (κ3) is 16.7. The second-order valence-electron chi connectivity index (χ2n) is 11.7. The maximum absolute atomic E-state index is 2.59. The summed E-state index contributed by atoms with van der Waals surface area (Å²) in [5.41, 5.74) is 0.957. The Kier molecular flexibility index (Phi) is 19.7. The Labute approximate surface area is 193 Å². The summed E-state index contributed by atoms with van der Waals surface area (Å²) >= 11 is 0. The molecule has 0 aliphatic rings. The highest BCUT2D eigenvalue weighted by Crippen LogP contribution is 2.46. The summed E-state index contributed by atoms with van der Waals surface area (Å²) in [6.07, 6.45) is 31.9. The van der Waals surface area contributed by atoms with E-state index in [4.69, 9.17) is 0 Å². The lowest BCUT2D eigenvalue weighted by Crippen LogP contribution is -2.32. The van der Waals surface area contributed by atoms with Crippen molar-refractivity contribution < 1.29 is 0 Å². The van der Waals surface area contributed by atoms with Gasteiger partial charge in [0.05, 0.1) is 0 Å². The zero-order valence-electron chi connectivity index (χ0n) is 22.6. The van der Waals surface area contributed by atoms with Gasteiger partial charge in [0.25, 0.3) is 0 Å². The van der Waals surface area contributed by atoms with E-state index in [2.05, 4.69) is 41.5 Å². The highest BCUT2D eigenvalue weighted by Gasteiger charge is 2.35. The van der Waals surface area contributed by atoms with Crippen LogP contribution in [0.4, 0.5) is 0 Å². The maximum atomic E-state index is 2.59. The van der Waals surface area contributed by atoms with Crippen LogP contribution in [0.3, 0.4) is 0 Å². The molecule has 0 aromatic heterocycles. The van der Waals surface area contributed by atoms with Crippen molar-refractivity contribution in [3.8, 4) is 0 Å². The third-order valence-corrected chi connectivity index (χ3v) is 7.97. The van der Waals surface area contributed by atoms with E-state index >= 15 is 0 Å². The quantitative estimate of drug-likeness (QED) is 0.152. The highest BCUT2D eigenvalue weighted by atomic mass is 14.4. The van der Waals surface area contributed by atoms with Gasteiger partial charge in [0, 0.05) is 0 Å². The number of hydrogen-bond acceptors (Lipinski definition) is 0. The molecule has 0 saturated heterocycles. The Balaban J connectivity index is 3.81. The van der Waals surface area contributed by atoms with Gasteiger partial charge in [-0.2, -0.15) is 0 Å². The first-order valence-electron chi connectivity index (χ1n) is 14.4. The van der Waals surface area contributed by atoms with Crippen LogP contribution in [0.25, 0.3) is 0 Å². The van der Waals surface area contributed by atoms with Gasteiger partial charge < -0.3 is 0 Å². The predicted octanol–water partition coefficient (Wildman–Crippen LogP) is 11.7. The fourth-order valence-electron chi connectivity index (χ4n) is 4.88. The Morgan fingerprint density at radius 1 is 0.333 bits per heavy atom. The minimum atomic E-state index is 0.436. The highest BCUT2D eigenvalue weighted by molar-refractivity contribution is 4.86. The van der Waals surface area contributed by atoms with Gasteiger partial charge in [0.1, 0.15) is 0 Å². The zero-order chi connectivity index (χ0) is 22.6. The number of hydrogen-bond donors (Lipinski definition) is 0. The lowest BCUT2D eigenvalue weighted by Gasteiger charge is -2.43. The maximum Gasteiger partial charge on any atom is -0.0277 e. The molecule has 0 rings (SSSR count). The van der Waals surface area contributed by atoms with Crippen molar-refractivity contribution >= 4 is 0 Å².